The van der Waals surface area contributed by atoms with Gasteiger partial charge in [-0.3, -0.25) is 38.3 Å². The van der Waals surface area contributed by atoms with Crippen LogP contribution in [0.3, 0.4) is 0 Å². The van der Waals surface area contributed by atoms with Crippen LogP contribution in [0.2, 0.25) is 0 Å². The number of nitrogens with two attached hydrogens (primary N) is 1. The predicted molar refractivity (Wildman–Crippen MR) is 224 cm³/mol. The largest absolute Gasteiger partial charge is 0.394 e. The Morgan fingerprint density at radius 3 is 1.81 bits per heavy atom. The van der Waals surface area contributed by atoms with Crippen LogP contribution in [0.25, 0.3) is 11.2 Å². The highest BCUT2D eigenvalue weighted by Crippen LogP contribution is 2.41. The number of aromatic nitrogens is 4. The maximum atomic E-state index is 13.2. The first-order chi connectivity index (χ1) is 30.1. The van der Waals surface area contributed by atoms with Crippen LogP contribution in [0, 0.1) is 0 Å². The van der Waals surface area contributed by atoms with Crippen molar-refractivity contribution in [1.82, 2.24) is 29.3 Å². The maximum absolute atomic E-state index is 13.2. The van der Waals surface area contributed by atoms with Crippen LogP contribution in [-0.2, 0) is 9.47 Å². The van der Waals surface area contributed by atoms with E-state index in [1.54, 1.807) is 83.4 Å². The molecule has 3 aromatic carbocycles. The lowest BCUT2D eigenvalue weighted by molar-refractivity contribution is -0.162. The number of imidazole rings is 1. The van der Waals surface area contributed by atoms with Gasteiger partial charge in [0.25, 0.3) is 29.5 Å². The van der Waals surface area contributed by atoms with Crippen LogP contribution < -0.4 is 11.1 Å². The minimum Gasteiger partial charge on any atom is -0.394 e. The normalized spacial score (nSPS) is 19.8. The molecule has 0 aliphatic carbocycles. The van der Waals surface area contributed by atoms with Gasteiger partial charge in [0, 0.05) is 18.7 Å². The van der Waals surface area contributed by atoms with Gasteiger partial charge in [0.2, 0.25) is 0 Å². The summed E-state index contributed by atoms with van der Waals surface area (Å²) in [5, 5.41) is 24.9. The van der Waals surface area contributed by atoms with Crippen LogP contribution in [0.1, 0.15) is 109 Å². The van der Waals surface area contributed by atoms with E-state index in [1.165, 1.54) is 22.5 Å². The van der Waals surface area contributed by atoms with E-state index in [0.717, 1.165) is 0 Å². The van der Waals surface area contributed by atoms with Gasteiger partial charge in [-0.2, -0.15) is 0 Å². The number of aliphatic hydroxyl groups is 2. The van der Waals surface area contributed by atoms with Crippen molar-refractivity contribution in [3.05, 3.63) is 119 Å². The van der Waals surface area contributed by atoms with Gasteiger partial charge in [0.1, 0.15) is 24.6 Å². The Hall–Kier alpha value is -6.24. The molecule has 5 N–H and O–H groups in total. The van der Waals surface area contributed by atoms with Crippen molar-refractivity contribution in [2.45, 2.75) is 81.5 Å². The average molecular weight is 845 g/mol. The third-order valence-electron chi connectivity index (χ3n) is 11.9. The van der Waals surface area contributed by atoms with Gasteiger partial charge in [-0.25, -0.2) is 15.0 Å². The Bertz CT molecular complexity index is 2320. The lowest BCUT2D eigenvalue weighted by Crippen LogP contribution is -2.45. The molecule has 8 rings (SSSR count). The fourth-order valence-corrected chi connectivity index (χ4v) is 8.70. The molecule has 5 amide bonds. The fourth-order valence-electron chi connectivity index (χ4n) is 8.70. The zero-order valence-electron chi connectivity index (χ0n) is 34.0. The molecule has 4 atom stereocenters. The first-order valence-electron chi connectivity index (χ1n) is 20.9. The highest BCUT2D eigenvalue weighted by Gasteiger charge is 2.49. The number of fused-ring (bicyclic) bond motifs is 3. The Labute approximate surface area is 356 Å². The van der Waals surface area contributed by atoms with Gasteiger partial charge in [-0.15, -0.1) is 0 Å². The molecule has 0 radical (unpaired) electrons. The Morgan fingerprint density at radius 2 is 1.27 bits per heavy atom. The molecule has 322 valence electrons. The SMILES string of the molecule is NCCCC(CCCCN1C(=O)c2ccccc2C1=O)(CCCCN1C(=O)c2ccccc2C1=O)O[C@@H]1[C@H](O)[C@@H](CO)O[C@H]1n1cnc2c(NC(=O)c3ccccc3)ncnc21. The molecule has 3 aliphatic heterocycles. The summed E-state index contributed by atoms with van der Waals surface area (Å²) in [7, 11) is 0. The minimum absolute atomic E-state index is 0.158. The summed E-state index contributed by atoms with van der Waals surface area (Å²) >= 11 is 0. The number of benzene rings is 3. The number of ether oxygens (including phenoxy) is 2. The second kappa shape index (κ2) is 18.4. The number of anilines is 1. The second-order valence-electron chi connectivity index (χ2n) is 15.8. The number of rotatable bonds is 19. The Kier molecular flexibility index (Phi) is 12.6. The molecule has 0 spiro atoms. The molecule has 2 aromatic heterocycles. The van der Waals surface area contributed by atoms with E-state index < -0.39 is 42.7 Å². The topological polar surface area (TPSA) is 232 Å². The standard InChI is InChI=1S/C45H48N8O9/c46-22-12-21-45(19-8-10-23-51-40(57)29-15-4-5-16-30(29)41(51)58,20-9-11-24-52-42(59)31-17-6-7-18-32(31)43(52)60)62-36-35(55)33(25-54)61-44(36)53-27-49-34-37(47-26-48-38(34)53)50-39(56)28-13-2-1-3-14-28/h1-7,13-18,26-27,33,35-36,44,54-55H,8-12,19-25,46H2,(H,47,48,50,56)/t33-,35-,36-,44-/m1/s1. The number of carbonyl (C=O) groups is 5. The zero-order valence-corrected chi connectivity index (χ0v) is 34.0. The van der Waals surface area contributed by atoms with Crippen molar-refractivity contribution in [3.63, 3.8) is 0 Å². The first-order valence-corrected chi connectivity index (χ1v) is 20.9. The van der Waals surface area contributed by atoms with Gasteiger partial charge >= 0.3 is 0 Å². The van der Waals surface area contributed by atoms with Crippen molar-refractivity contribution >= 4 is 46.5 Å². The number of nitrogens with zero attached hydrogens (tertiary/aromatic N) is 6. The smallest absolute Gasteiger partial charge is 0.261 e. The molecular weight excluding hydrogens is 797 g/mol. The third kappa shape index (κ3) is 8.24. The van der Waals surface area contributed by atoms with E-state index >= 15 is 0 Å². The van der Waals surface area contributed by atoms with E-state index in [1.807, 2.05) is 0 Å². The summed E-state index contributed by atoms with van der Waals surface area (Å²) in [4.78, 5) is 81.5. The van der Waals surface area contributed by atoms with Crippen LogP contribution in [-0.4, -0.2) is 119 Å². The lowest BCUT2D eigenvalue weighted by atomic mass is 9.85. The quantitative estimate of drug-likeness (QED) is 0.0678. The highest BCUT2D eigenvalue weighted by atomic mass is 16.6. The monoisotopic (exact) mass is 844 g/mol. The minimum atomic E-state index is -1.31. The predicted octanol–water partition coefficient (Wildman–Crippen LogP) is 4.13. The molecule has 17 heteroatoms. The van der Waals surface area contributed by atoms with E-state index in [9.17, 15) is 34.2 Å². The molecule has 1 fully saturated rings. The van der Waals surface area contributed by atoms with Gasteiger partial charge in [0.05, 0.1) is 40.8 Å². The number of amides is 5. The van der Waals surface area contributed by atoms with Crippen molar-refractivity contribution in [2.75, 3.05) is 31.6 Å². The van der Waals surface area contributed by atoms with E-state index in [4.69, 9.17) is 15.2 Å². The van der Waals surface area contributed by atoms with Crippen LogP contribution in [0.4, 0.5) is 5.82 Å². The summed E-state index contributed by atoms with van der Waals surface area (Å²) in [5.41, 5.74) is 7.59. The number of hydrogen-bond donors (Lipinski definition) is 4. The third-order valence-corrected chi connectivity index (χ3v) is 11.9. The Balaban J connectivity index is 1.04. The summed E-state index contributed by atoms with van der Waals surface area (Å²) in [6.07, 6.45) is 2.04. The van der Waals surface area contributed by atoms with Gasteiger partial charge in [-0.1, -0.05) is 42.5 Å². The average Bonchev–Trinajstić information content (AvgIpc) is 4.00. The lowest BCUT2D eigenvalue weighted by Gasteiger charge is -2.39. The summed E-state index contributed by atoms with van der Waals surface area (Å²) in [6, 6.07) is 22.1. The summed E-state index contributed by atoms with van der Waals surface area (Å²) in [6.45, 7) is 0.191. The van der Waals surface area contributed by atoms with Gasteiger partial charge in [0.15, 0.2) is 23.2 Å². The zero-order chi connectivity index (χ0) is 43.4. The second-order valence-corrected chi connectivity index (χ2v) is 15.8. The number of hydrogen-bond acceptors (Lipinski definition) is 13. The fraction of sp³-hybridized carbons (Fsp3) is 0.378. The van der Waals surface area contributed by atoms with Crippen molar-refractivity contribution < 1.29 is 43.7 Å². The van der Waals surface area contributed by atoms with Crippen LogP contribution >= 0.6 is 0 Å². The first kappa shape index (κ1) is 42.5. The Morgan fingerprint density at radius 1 is 0.742 bits per heavy atom. The van der Waals surface area contributed by atoms with Crippen LogP contribution in [0.15, 0.2) is 91.5 Å². The number of carbonyl (C=O) groups excluding carboxylic acids is 5. The molecule has 5 heterocycles. The molecular formula is C45H48N8O9. The molecule has 0 unspecified atom stereocenters. The maximum Gasteiger partial charge on any atom is 0.261 e. The highest BCUT2D eigenvalue weighted by molar-refractivity contribution is 6.22. The molecule has 17 nitrogen and oxygen atoms in total. The van der Waals surface area contributed by atoms with E-state index in [-0.39, 0.29) is 53.7 Å². The number of nitrogens with one attached hydrogen (secondary N) is 1. The van der Waals surface area contributed by atoms with E-state index in [0.29, 0.717) is 85.7 Å². The van der Waals surface area contributed by atoms with Crippen molar-refractivity contribution in [1.29, 1.82) is 0 Å². The number of unbranched alkanes of at least 4 members (excludes halogenated alkanes) is 2. The molecule has 5 aromatic rings. The van der Waals surface area contributed by atoms with E-state index in [2.05, 4.69) is 20.3 Å². The summed E-state index contributed by atoms with van der Waals surface area (Å²) < 4.78 is 15.0. The van der Waals surface area contributed by atoms with Gasteiger partial charge in [-0.05, 0) is 94.3 Å². The number of imide groups is 2. The molecule has 0 bridgehead atoms. The molecule has 1 saturated heterocycles. The molecule has 3 aliphatic rings. The van der Waals surface area contributed by atoms with Crippen molar-refractivity contribution in [3.8, 4) is 0 Å². The summed E-state index contributed by atoms with van der Waals surface area (Å²) in [5.74, 6) is -1.60. The van der Waals surface area contributed by atoms with Crippen LogP contribution in [0.5, 0.6) is 0 Å². The van der Waals surface area contributed by atoms with Gasteiger partial charge < -0.3 is 30.7 Å². The molecule has 0 saturated carbocycles. The van der Waals surface area contributed by atoms with Crippen molar-refractivity contribution in [2.24, 2.45) is 5.73 Å². The number of aliphatic hydroxyl groups excluding tert-OH is 2. The molecule has 62 heavy (non-hydrogen) atoms.